The molecule has 1 aromatic carbocycles. The molecule has 102 valence electrons. The molecule has 1 nitrogen and oxygen atoms in total. The Kier molecular flexibility index (Phi) is 4.38. The van der Waals surface area contributed by atoms with Gasteiger partial charge in [-0.05, 0) is 56.5 Å². The topological polar surface area (TPSA) is 12.0 Å². The van der Waals surface area contributed by atoms with Crippen molar-refractivity contribution in [1.29, 1.82) is 0 Å². The van der Waals surface area contributed by atoms with E-state index in [1.54, 1.807) is 0 Å². The van der Waals surface area contributed by atoms with E-state index in [1.807, 2.05) is 37.3 Å². The highest BCUT2D eigenvalue weighted by atomic mass is 32.1. The molecule has 0 bridgehead atoms. The summed E-state index contributed by atoms with van der Waals surface area (Å²) in [4.78, 5) is 2.67. The second kappa shape index (κ2) is 5.85. The predicted molar refractivity (Wildman–Crippen MR) is 80.2 cm³/mol. The minimum atomic E-state index is -0.0920. The van der Waals surface area contributed by atoms with Crippen molar-refractivity contribution in [3.63, 3.8) is 0 Å². The molecule has 1 N–H and O–H groups in total. The summed E-state index contributed by atoms with van der Waals surface area (Å²) in [5.41, 5.74) is 2.57. The second-order valence-electron chi connectivity index (χ2n) is 5.09. The highest BCUT2D eigenvalue weighted by Gasteiger charge is 2.08. The first-order valence-corrected chi connectivity index (χ1v) is 7.34. The summed E-state index contributed by atoms with van der Waals surface area (Å²) < 4.78 is 13.6. The minimum absolute atomic E-state index is 0.0920. The van der Waals surface area contributed by atoms with Crippen LogP contribution < -0.4 is 5.32 Å². The maximum Gasteiger partial charge on any atom is 0.129 e. The second-order valence-corrected chi connectivity index (χ2v) is 6.41. The van der Waals surface area contributed by atoms with Crippen LogP contribution in [-0.4, -0.2) is 0 Å². The van der Waals surface area contributed by atoms with Gasteiger partial charge in [0, 0.05) is 22.3 Å². The Bertz CT molecular complexity index is 551. The highest BCUT2D eigenvalue weighted by molar-refractivity contribution is 7.12. The summed E-state index contributed by atoms with van der Waals surface area (Å²) in [6.45, 7) is 8.68. The first-order chi connectivity index (χ1) is 8.97. The van der Waals surface area contributed by atoms with Crippen LogP contribution in [0, 0.1) is 26.6 Å². The normalized spacial score (nSPS) is 12.7. The van der Waals surface area contributed by atoms with Crippen molar-refractivity contribution in [1.82, 2.24) is 5.32 Å². The largest absolute Gasteiger partial charge is 0.305 e. The van der Waals surface area contributed by atoms with E-state index in [-0.39, 0.29) is 5.82 Å². The Balaban J connectivity index is 2.03. The molecule has 19 heavy (non-hydrogen) atoms. The third-order valence-corrected chi connectivity index (χ3v) is 4.48. The molecule has 1 aromatic heterocycles. The van der Waals surface area contributed by atoms with Gasteiger partial charge < -0.3 is 5.32 Å². The lowest BCUT2D eigenvalue weighted by atomic mass is 10.1. The third kappa shape index (κ3) is 3.43. The van der Waals surface area contributed by atoms with Gasteiger partial charge in [0.2, 0.25) is 0 Å². The maximum absolute atomic E-state index is 13.6. The first-order valence-electron chi connectivity index (χ1n) is 6.52. The number of hydrogen-bond donors (Lipinski definition) is 1. The van der Waals surface area contributed by atoms with E-state index >= 15 is 0 Å². The van der Waals surface area contributed by atoms with Gasteiger partial charge in [-0.1, -0.05) is 12.1 Å². The summed E-state index contributed by atoms with van der Waals surface area (Å²) in [5, 5.41) is 3.49. The fourth-order valence-electron chi connectivity index (χ4n) is 2.20. The summed E-state index contributed by atoms with van der Waals surface area (Å²) in [6, 6.07) is 8.47. The SMILES string of the molecule is Cc1ccc(C(C)NCc2cc(C)c(F)c(C)c2)s1. The molecule has 1 atom stereocenters. The molecule has 2 rings (SSSR count). The Labute approximate surface area is 118 Å². The van der Waals surface area contributed by atoms with E-state index in [2.05, 4.69) is 31.3 Å². The number of rotatable bonds is 4. The van der Waals surface area contributed by atoms with E-state index in [0.717, 1.165) is 23.2 Å². The van der Waals surface area contributed by atoms with Crippen LogP contribution >= 0.6 is 11.3 Å². The van der Waals surface area contributed by atoms with E-state index < -0.39 is 0 Å². The molecule has 2 aromatic rings. The van der Waals surface area contributed by atoms with E-state index in [4.69, 9.17) is 0 Å². The van der Waals surface area contributed by atoms with Crippen molar-refractivity contribution >= 4 is 11.3 Å². The molecule has 0 radical (unpaired) electrons. The molecule has 0 spiro atoms. The van der Waals surface area contributed by atoms with Crippen molar-refractivity contribution in [3.8, 4) is 0 Å². The van der Waals surface area contributed by atoms with E-state index in [1.165, 1.54) is 9.75 Å². The lowest BCUT2D eigenvalue weighted by Crippen LogP contribution is -2.17. The molecular formula is C16H20FNS. The molecule has 0 fully saturated rings. The van der Waals surface area contributed by atoms with Gasteiger partial charge in [0.25, 0.3) is 0 Å². The summed E-state index contributed by atoms with van der Waals surface area (Å²) in [7, 11) is 0. The van der Waals surface area contributed by atoms with Gasteiger partial charge >= 0.3 is 0 Å². The average molecular weight is 277 g/mol. The molecule has 3 heteroatoms. The van der Waals surface area contributed by atoms with E-state index in [9.17, 15) is 4.39 Å². The fraction of sp³-hybridized carbons (Fsp3) is 0.375. The zero-order chi connectivity index (χ0) is 14.0. The quantitative estimate of drug-likeness (QED) is 0.856. The molecule has 0 aliphatic carbocycles. The van der Waals surface area contributed by atoms with Crippen LogP contribution in [0.5, 0.6) is 0 Å². The van der Waals surface area contributed by atoms with Gasteiger partial charge in [0.15, 0.2) is 0 Å². The molecule has 1 unspecified atom stereocenters. The van der Waals surface area contributed by atoms with Crippen LogP contribution in [0.1, 0.15) is 39.4 Å². The lowest BCUT2D eigenvalue weighted by molar-refractivity contribution is 0.577. The Morgan fingerprint density at radius 2 is 1.79 bits per heavy atom. The molecule has 1 heterocycles. The first kappa shape index (κ1) is 14.2. The van der Waals surface area contributed by atoms with E-state index in [0.29, 0.717) is 6.04 Å². The van der Waals surface area contributed by atoms with Crippen LogP contribution in [0.3, 0.4) is 0 Å². The number of hydrogen-bond acceptors (Lipinski definition) is 2. The number of thiophene rings is 1. The Morgan fingerprint density at radius 1 is 1.16 bits per heavy atom. The zero-order valence-electron chi connectivity index (χ0n) is 11.9. The molecular weight excluding hydrogens is 257 g/mol. The van der Waals surface area contributed by atoms with Crippen LogP contribution in [-0.2, 0) is 6.54 Å². The van der Waals surface area contributed by atoms with Crippen molar-refractivity contribution in [3.05, 3.63) is 56.5 Å². The van der Waals surface area contributed by atoms with Crippen molar-refractivity contribution in [2.24, 2.45) is 0 Å². The molecule has 0 aliphatic rings. The smallest absolute Gasteiger partial charge is 0.129 e. The standard InChI is InChI=1S/C16H20FNS/c1-10-7-14(8-11(2)16(10)17)9-18-13(4)15-6-5-12(3)19-15/h5-8,13,18H,9H2,1-4H3. The predicted octanol–water partition coefficient (Wildman–Crippen LogP) is 4.66. The number of halogens is 1. The summed E-state index contributed by atoms with van der Waals surface area (Å²) in [5.74, 6) is -0.0920. The molecule has 0 saturated heterocycles. The molecule has 0 aliphatic heterocycles. The molecule has 0 amide bonds. The highest BCUT2D eigenvalue weighted by Crippen LogP contribution is 2.23. The number of aryl methyl sites for hydroxylation is 3. The third-order valence-electron chi connectivity index (χ3n) is 3.30. The van der Waals surface area contributed by atoms with Gasteiger partial charge in [-0.15, -0.1) is 11.3 Å². The number of nitrogens with one attached hydrogen (secondary N) is 1. The van der Waals surface area contributed by atoms with Crippen molar-refractivity contribution in [2.45, 2.75) is 40.3 Å². The summed E-state index contributed by atoms with van der Waals surface area (Å²) >= 11 is 1.82. The minimum Gasteiger partial charge on any atom is -0.305 e. The average Bonchev–Trinajstić information content (AvgIpc) is 2.79. The van der Waals surface area contributed by atoms with Gasteiger partial charge in [0.05, 0.1) is 0 Å². The monoisotopic (exact) mass is 277 g/mol. The lowest BCUT2D eigenvalue weighted by Gasteiger charge is -2.13. The Hall–Kier alpha value is -1.19. The summed E-state index contributed by atoms with van der Waals surface area (Å²) in [6.07, 6.45) is 0. The van der Waals surface area contributed by atoms with Gasteiger partial charge in [-0.2, -0.15) is 0 Å². The van der Waals surface area contributed by atoms with Crippen LogP contribution in [0.25, 0.3) is 0 Å². The van der Waals surface area contributed by atoms with Gasteiger partial charge in [0.1, 0.15) is 5.82 Å². The van der Waals surface area contributed by atoms with Crippen molar-refractivity contribution in [2.75, 3.05) is 0 Å². The Morgan fingerprint density at radius 3 is 2.32 bits per heavy atom. The van der Waals surface area contributed by atoms with Crippen LogP contribution in [0.15, 0.2) is 24.3 Å². The van der Waals surface area contributed by atoms with Crippen LogP contribution in [0.4, 0.5) is 4.39 Å². The number of benzene rings is 1. The van der Waals surface area contributed by atoms with Gasteiger partial charge in [-0.3, -0.25) is 0 Å². The zero-order valence-corrected chi connectivity index (χ0v) is 12.7. The van der Waals surface area contributed by atoms with Gasteiger partial charge in [-0.25, -0.2) is 4.39 Å². The maximum atomic E-state index is 13.6. The van der Waals surface area contributed by atoms with Crippen molar-refractivity contribution < 1.29 is 4.39 Å². The fourth-order valence-corrected chi connectivity index (χ4v) is 3.10. The van der Waals surface area contributed by atoms with Crippen LogP contribution in [0.2, 0.25) is 0 Å². The molecule has 0 saturated carbocycles.